The summed E-state index contributed by atoms with van der Waals surface area (Å²) >= 11 is 0. The first-order chi connectivity index (χ1) is 23.4. The number of benzene rings is 2. The molecule has 5 heterocycles. The number of aromatic nitrogens is 4. The molecule has 4 amide bonds. The molecule has 3 aliphatic heterocycles. The molecule has 1 unspecified atom stereocenters. The van der Waals surface area contributed by atoms with Gasteiger partial charge in [-0.15, -0.1) is 0 Å². The van der Waals surface area contributed by atoms with Crippen molar-refractivity contribution in [2.24, 2.45) is 5.92 Å². The van der Waals surface area contributed by atoms with Crippen LogP contribution in [0.3, 0.4) is 0 Å². The van der Waals surface area contributed by atoms with Crippen LogP contribution >= 0.6 is 0 Å². The SMILES string of the molecule is O=C1CCC(N2C(=O)c3ccc(NCCC[C@H]4C[C@H](n5cc(-c6cnc7ccc(C8CCOCC8)cc7n6)cn5)C4)cc3C2=O)C(=O)N1. The van der Waals surface area contributed by atoms with Crippen molar-refractivity contribution in [3.63, 3.8) is 0 Å². The highest BCUT2D eigenvalue weighted by Crippen LogP contribution is 2.40. The second-order valence-electron chi connectivity index (χ2n) is 13.4. The average molecular weight is 648 g/mol. The molecule has 48 heavy (non-hydrogen) atoms. The van der Waals surface area contributed by atoms with E-state index in [4.69, 9.17) is 9.72 Å². The van der Waals surface area contributed by atoms with E-state index in [0.29, 0.717) is 17.9 Å². The number of nitrogens with zero attached hydrogens (tertiary/aromatic N) is 5. The summed E-state index contributed by atoms with van der Waals surface area (Å²) in [6.07, 6.45) is 12.3. The van der Waals surface area contributed by atoms with E-state index >= 15 is 0 Å². The molecular weight excluding hydrogens is 610 g/mol. The number of rotatable bonds is 9. The Bertz CT molecular complexity index is 1930. The van der Waals surface area contributed by atoms with Crippen molar-refractivity contribution in [3.8, 4) is 11.3 Å². The van der Waals surface area contributed by atoms with E-state index in [2.05, 4.69) is 49.8 Å². The first-order valence-electron chi connectivity index (χ1n) is 16.9. The number of hydrogen-bond donors (Lipinski definition) is 2. The quantitative estimate of drug-likeness (QED) is 0.196. The molecule has 12 nitrogen and oxygen atoms in total. The molecule has 2 saturated heterocycles. The van der Waals surface area contributed by atoms with E-state index in [1.165, 1.54) is 5.56 Å². The van der Waals surface area contributed by atoms with Gasteiger partial charge in [0.1, 0.15) is 6.04 Å². The van der Waals surface area contributed by atoms with Crippen LogP contribution < -0.4 is 10.6 Å². The number of anilines is 1. The smallest absolute Gasteiger partial charge is 0.262 e. The minimum Gasteiger partial charge on any atom is -0.385 e. The summed E-state index contributed by atoms with van der Waals surface area (Å²) in [7, 11) is 0. The molecule has 8 rings (SSSR count). The first kappa shape index (κ1) is 30.4. The molecule has 1 atom stereocenters. The third kappa shape index (κ3) is 5.74. The average Bonchev–Trinajstić information content (AvgIpc) is 3.66. The van der Waals surface area contributed by atoms with Crippen LogP contribution in [-0.2, 0) is 14.3 Å². The van der Waals surface area contributed by atoms with Gasteiger partial charge in [0.15, 0.2) is 0 Å². The maximum absolute atomic E-state index is 13.1. The Kier molecular flexibility index (Phi) is 7.95. The third-order valence-electron chi connectivity index (χ3n) is 10.3. The second kappa shape index (κ2) is 12.6. The van der Waals surface area contributed by atoms with E-state index in [1.807, 2.05) is 12.4 Å². The minimum absolute atomic E-state index is 0.0972. The Morgan fingerprint density at radius 2 is 1.75 bits per heavy atom. The maximum atomic E-state index is 13.1. The largest absolute Gasteiger partial charge is 0.385 e. The first-order valence-corrected chi connectivity index (χ1v) is 16.9. The van der Waals surface area contributed by atoms with Gasteiger partial charge < -0.3 is 10.1 Å². The zero-order valence-electron chi connectivity index (χ0n) is 26.6. The Hall–Kier alpha value is -4.97. The fourth-order valence-electron chi connectivity index (χ4n) is 7.48. The van der Waals surface area contributed by atoms with Crippen LogP contribution in [0.2, 0.25) is 0 Å². The number of hydrogen-bond acceptors (Lipinski definition) is 9. The summed E-state index contributed by atoms with van der Waals surface area (Å²) in [6.45, 7) is 2.36. The van der Waals surface area contributed by atoms with E-state index < -0.39 is 23.8 Å². The third-order valence-corrected chi connectivity index (χ3v) is 10.3. The summed E-state index contributed by atoms with van der Waals surface area (Å²) in [5, 5.41) is 10.3. The van der Waals surface area contributed by atoms with E-state index in [0.717, 1.165) is 91.2 Å². The van der Waals surface area contributed by atoms with Crippen molar-refractivity contribution in [1.82, 2.24) is 30.0 Å². The summed E-state index contributed by atoms with van der Waals surface area (Å²) in [4.78, 5) is 60.5. The van der Waals surface area contributed by atoms with Gasteiger partial charge in [-0.3, -0.25) is 39.1 Å². The summed E-state index contributed by atoms with van der Waals surface area (Å²) < 4.78 is 7.60. The lowest BCUT2D eigenvalue weighted by atomic mass is 9.77. The summed E-state index contributed by atoms with van der Waals surface area (Å²) in [5.74, 6) is -0.860. The topological polar surface area (TPSA) is 148 Å². The van der Waals surface area contributed by atoms with Gasteiger partial charge in [-0.1, -0.05) is 6.07 Å². The number of piperidine rings is 1. The number of nitrogens with one attached hydrogen (secondary N) is 2. The van der Waals surface area contributed by atoms with Crippen LogP contribution in [0.15, 0.2) is 55.0 Å². The standard InChI is InChI=1S/C36H37N7O5/c44-33-8-7-32(34(45)41-33)43-35(46)27-5-4-25(17-28(27)36(43)47)37-11-1-2-21-14-26(15-21)42-20-24(18-39-42)31-19-38-29-6-3-23(16-30(29)40-31)22-9-12-48-13-10-22/h3-6,16-22,26,32,37H,1-2,7-15H2,(H,41,44,45)/t21-,26-,32?. The molecule has 2 aromatic carbocycles. The Morgan fingerprint density at radius 3 is 2.58 bits per heavy atom. The fraction of sp³-hybridized carbons (Fsp3) is 0.417. The zero-order chi connectivity index (χ0) is 32.8. The van der Waals surface area contributed by atoms with Gasteiger partial charge >= 0.3 is 0 Å². The molecule has 1 aliphatic carbocycles. The van der Waals surface area contributed by atoms with Crippen LogP contribution in [0.1, 0.15) is 89.6 Å². The lowest BCUT2D eigenvalue weighted by Gasteiger charge is -2.35. The Labute approximate surface area is 277 Å². The predicted octanol–water partition coefficient (Wildman–Crippen LogP) is 4.63. The van der Waals surface area contributed by atoms with Gasteiger partial charge in [0.25, 0.3) is 11.8 Å². The Morgan fingerprint density at radius 1 is 0.917 bits per heavy atom. The fourth-order valence-corrected chi connectivity index (χ4v) is 7.48. The van der Waals surface area contributed by atoms with Crippen molar-refractivity contribution in [3.05, 3.63) is 71.7 Å². The highest BCUT2D eigenvalue weighted by atomic mass is 16.5. The van der Waals surface area contributed by atoms with Gasteiger partial charge in [-0.2, -0.15) is 5.10 Å². The number of ether oxygens (including phenoxy) is 1. The molecule has 12 heteroatoms. The normalized spacial score (nSPS) is 22.9. The molecule has 4 aromatic rings. The van der Waals surface area contributed by atoms with Gasteiger partial charge in [-0.25, -0.2) is 4.98 Å². The van der Waals surface area contributed by atoms with Crippen LogP contribution in [0.5, 0.6) is 0 Å². The van der Waals surface area contributed by atoms with Crippen LogP contribution in [0.4, 0.5) is 5.69 Å². The number of carbonyl (C=O) groups is 4. The lowest BCUT2D eigenvalue weighted by molar-refractivity contribution is -0.136. The van der Waals surface area contributed by atoms with Crippen LogP contribution in [-0.4, -0.2) is 74.1 Å². The predicted molar refractivity (Wildman–Crippen MR) is 176 cm³/mol. The highest BCUT2D eigenvalue weighted by Gasteiger charge is 2.44. The molecule has 0 bridgehead atoms. The number of fused-ring (bicyclic) bond motifs is 2. The molecule has 4 aliphatic rings. The van der Waals surface area contributed by atoms with Crippen molar-refractivity contribution in [2.75, 3.05) is 25.1 Å². The van der Waals surface area contributed by atoms with Crippen LogP contribution in [0.25, 0.3) is 22.3 Å². The van der Waals surface area contributed by atoms with Gasteiger partial charge in [0, 0.05) is 43.6 Å². The van der Waals surface area contributed by atoms with Crippen molar-refractivity contribution >= 4 is 40.3 Å². The maximum Gasteiger partial charge on any atom is 0.262 e. The zero-order valence-corrected chi connectivity index (χ0v) is 26.6. The van der Waals surface area contributed by atoms with Crippen molar-refractivity contribution in [2.45, 2.75) is 69.4 Å². The number of carbonyl (C=O) groups excluding carboxylic acids is 4. The minimum atomic E-state index is -0.964. The molecule has 246 valence electrons. The van der Waals surface area contributed by atoms with E-state index in [-0.39, 0.29) is 29.9 Å². The Balaban J connectivity index is 0.819. The monoisotopic (exact) mass is 647 g/mol. The van der Waals surface area contributed by atoms with Crippen molar-refractivity contribution in [1.29, 1.82) is 0 Å². The number of amides is 4. The summed E-state index contributed by atoms with van der Waals surface area (Å²) in [6, 6.07) is 10.9. The van der Waals surface area contributed by atoms with Crippen molar-refractivity contribution < 1.29 is 23.9 Å². The molecule has 2 aromatic heterocycles. The molecule has 2 N–H and O–H groups in total. The van der Waals surface area contributed by atoms with Gasteiger partial charge in [-0.05, 0) is 92.7 Å². The highest BCUT2D eigenvalue weighted by molar-refractivity contribution is 6.23. The molecule has 0 spiro atoms. The lowest BCUT2D eigenvalue weighted by Crippen LogP contribution is -2.54. The molecule has 0 radical (unpaired) electrons. The van der Waals surface area contributed by atoms with E-state index in [1.54, 1.807) is 18.2 Å². The van der Waals surface area contributed by atoms with Gasteiger partial charge in [0.05, 0.1) is 46.3 Å². The van der Waals surface area contributed by atoms with Crippen LogP contribution in [0, 0.1) is 5.92 Å². The molecule has 1 saturated carbocycles. The number of imide groups is 2. The molecule has 3 fully saturated rings. The second-order valence-corrected chi connectivity index (χ2v) is 13.4. The van der Waals surface area contributed by atoms with E-state index in [9.17, 15) is 19.2 Å². The molecular formula is C36H37N7O5. The van der Waals surface area contributed by atoms with Gasteiger partial charge in [0.2, 0.25) is 11.8 Å². The summed E-state index contributed by atoms with van der Waals surface area (Å²) in [5.41, 5.74) is 6.25.